The molecule has 1 unspecified atom stereocenters. The molecule has 92 valence electrons. The van der Waals surface area contributed by atoms with Crippen molar-refractivity contribution in [3.8, 4) is 0 Å². The predicted octanol–water partition coefficient (Wildman–Crippen LogP) is 2.27. The van der Waals surface area contributed by atoms with Gasteiger partial charge in [0.1, 0.15) is 0 Å². The summed E-state index contributed by atoms with van der Waals surface area (Å²) in [5.41, 5.74) is 2.32. The zero-order chi connectivity index (χ0) is 12.7. The van der Waals surface area contributed by atoms with Gasteiger partial charge in [0.15, 0.2) is 0 Å². The third kappa shape index (κ3) is 4.82. The second-order valence-corrected chi connectivity index (χ2v) is 4.47. The Hall–Kier alpha value is -0.955. The van der Waals surface area contributed by atoms with Gasteiger partial charge in [-0.2, -0.15) is 0 Å². The van der Waals surface area contributed by atoms with E-state index >= 15 is 0 Å². The van der Waals surface area contributed by atoms with Crippen LogP contribution < -0.4 is 5.32 Å². The second kappa shape index (κ2) is 7.39. The van der Waals surface area contributed by atoms with Crippen molar-refractivity contribution in [1.82, 2.24) is 10.2 Å². The van der Waals surface area contributed by atoms with Crippen LogP contribution in [-0.2, 0) is 0 Å². The van der Waals surface area contributed by atoms with Gasteiger partial charge in [-0.05, 0) is 12.0 Å². The van der Waals surface area contributed by atoms with Gasteiger partial charge in [-0.15, -0.1) is 0 Å². The third-order valence-electron chi connectivity index (χ3n) is 2.84. The van der Waals surface area contributed by atoms with Crippen molar-refractivity contribution in [2.24, 2.45) is 0 Å². The zero-order valence-corrected chi connectivity index (χ0v) is 11.1. The maximum absolute atomic E-state index is 5.75. The van der Waals surface area contributed by atoms with E-state index < -0.39 is 0 Å². The van der Waals surface area contributed by atoms with E-state index in [9.17, 15) is 0 Å². The lowest BCUT2D eigenvalue weighted by Gasteiger charge is -2.31. The van der Waals surface area contributed by atoms with E-state index in [1.165, 1.54) is 5.57 Å². The third-order valence-corrected chi connectivity index (χ3v) is 2.84. The summed E-state index contributed by atoms with van der Waals surface area (Å²) in [5.74, 6) is 0.0890. The van der Waals surface area contributed by atoms with Crippen molar-refractivity contribution in [3.05, 3.63) is 36.1 Å². The zero-order valence-electron chi connectivity index (χ0n) is 11.1. The minimum atomic E-state index is 0.0890. The highest BCUT2D eigenvalue weighted by Crippen LogP contribution is 2.17. The largest absolute Gasteiger partial charge is 0.369 e. The average Bonchev–Trinajstić information content (AvgIpc) is 2.34. The summed E-state index contributed by atoms with van der Waals surface area (Å²) in [6.45, 7) is 12.5. The first-order chi connectivity index (χ1) is 8.15. The monoisotopic (exact) mass is 230 g/mol. The number of rotatable bonds is 5. The quantitative estimate of drug-likeness (QED) is 0.575. The van der Waals surface area contributed by atoms with E-state index in [-0.39, 0.29) is 5.82 Å². The lowest BCUT2D eigenvalue weighted by molar-refractivity contribution is 0.306. The van der Waals surface area contributed by atoms with Gasteiger partial charge in [-0.1, -0.05) is 44.5 Å². The van der Waals surface area contributed by atoms with Gasteiger partial charge in [0.25, 0.3) is 0 Å². The summed E-state index contributed by atoms with van der Waals surface area (Å²) in [5, 5.41) is 3.35. The summed E-state index contributed by atoms with van der Waals surface area (Å²) in [4.78, 5) is 2.34. The van der Waals surface area contributed by atoms with E-state index in [2.05, 4.69) is 35.9 Å². The van der Waals surface area contributed by atoms with Gasteiger partial charge < -0.3 is 10.2 Å². The first kappa shape index (κ1) is 14.1. The molecule has 1 aliphatic heterocycles. The fourth-order valence-corrected chi connectivity index (χ4v) is 1.87. The van der Waals surface area contributed by atoms with Crippen molar-refractivity contribution in [1.29, 1.82) is 0 Å². The van der Waals surface area contributed by atoms with Crippen LogP contribution in [-0.4, -0.2) is 38.9 Å². The molecule has 0 aliphatic carbocycles. The minimum absolute atomic E-state index is 0.0890. The van der Waals surface area contributed by atoms with Crippen LogP contribution in [0.15, 0.2) is 36.1 Å². The number of hydrogen-bond donors (Lipinski definition) is 1. The van der Waals surface area contributed by atoms with Crippen LogP contribution >= 0.6 is 0 Å². The Kier molecular flexibility index (Phi) is 6.13. The number of piperazine rings is 1. The minimum Gasteiger partial charge on any atom is -0.369 e. The smallest absolute Gasteiger partial charge is 0.0751 e. The first-order valence-corrected chi connectivity index (χ1v) is 6.44. The number of nitrogens with zero attached hydrogens (tertiary/aromatic N) is 1. The second-order valence-electron chi connectivity index (χ2n) is 4.47. The van der Waals surface area contributed by atoms with Crippen molar-refractivity contribution in [2.45, 2.75) is 26.1 Å². The fourth-order valence-electron chi connectivity index (χ4n) is 1.87. The van der Waals surface area contributed by atoms with Crippen molar-refractivity contribution in [3.63, 3.8) is 0 Å². The molecule has 0 amide bonds. The molecule has 0 bridgehead atoms. The molecule has 0 spiro atoms. The Morgan fingerprint density at radius 1 is 1.47 bits per heavy atom. The van der Waals surface area contributed by atoms with Crippen LogP contribution in [0.2, 0.25) is 5.82 Å². The molecule has 1 heterocycles. The Morgan fingerprint density at radius 3 is 2.65 bits per heavy atom. The van der Waals surface area contributed by atoms with Gasteiger partial charge in [-0.3, -0.25) is 0 Å². The number of allylic oxidation sites excluding steroid dienone is 3. The van der Waals surface area contributed by atoms with Crippen molar-refractivity contribution in [2.75, 3.05) is 26.2 Å². The van der Waals surface area contributed by atoms with Gasteiger partial charge >= 0.3 is 0 Å². The van der Waals surface area contributed by atoms with E-state index in [0.29, 0.717) is 0 Å². The van der Waals surface area contributed by atoms with Crippen molar-refractivity contribution < 1.29 is 0 Å². The summed E-state index contributed by atoms with van der Waals surface area (Å²) in [7, 11) is 5.75. The van der Waals surface area contributed by atoms with E-state index in [1.54, 1.807) is 0 Å². The molecular weight excluding hydrogens is 207 g/mol. The molecule has 1 aliphatic rings. The Labute approximate surface area is 107 Å². The summed E-state index contributed by atoms with van der Waals surface area (Å²) in [6.07, 6.45) is 7.35. The van der Waals surface area contributed by atoms with Crippen LogP contribution in [0.5, 0.6) is 0 Å². The predicted molar refractivity (Wildman–Crippen MR) is 76.3 cm³/mol. The Balaban J connectivity index is 2.69. The standard InChI is InChI=1S/C14H23BN2/c1-4-5-14(7-6-12(2)15)13(3)17-10-8-16-9-11-17/h5-7,12,16H,3-4,8-11H2,1-2H3/b7-6-,14-5+. The molecule has 2 nitrogen and oxygen atoms in total. The first-order valence-electron chi connectivity index (χ1n) is 6.44. The molecule has 2 radical (unpaired) electrons. The summed E-state index contributed by atoms with van der Waals surface area (Å²) in [6, 6.07) is 0. The van der Waals surface area contributed by atoms with Gasteiger partial charge in [0.05, 0.1) is 7.85 Å². The molecule has 0 aromatic rings. The maximum atomic E-state index is 5.75. The molecule has 1 atom stereocenters. The number of hydrogen-bond acceptors (Lipinski definition) is 2. The Bertz CT molecular complexity index is 299. The Morgan fingerprint density at radius 2 is 2.12 bits per heavy atom. The molecular formula is C14H23BN2. The molecule has 1 fully saturated rings. The van der Waals surface area contributed by atoms with Gasteiger partial charge in [0.2, 0.25) is 0 Å². The highest BCUT2D eigenvalue weighted by Gasteiger charge is 2.12. The van der Waals surface area contributed by atoms with Gasteiger partial charge in [0, 0.05) is 31.9 Å². The van der Waals surface area contributed by atoms with Crippen LogP contribution in [0.25, 0.3) is 0 Å². The molecule has 0 saturated carbocycles. The van der Waals surface area contributed by atoms with Crippen LogP contribution in [0.1, 0.15) is 20.3 Å². The molecule has 1 rings (SSSR count). The SMILES string of the molecule is [B]C(C)/C=C\C(=C/CC)C(=C)N1CCNCC1. The van der Waals surface area contributed by atoms with E-state index in [1.807, 2.05) is 13.0 Å². The molecule has 1 N–H and O–H groups in total. The molecule has 17 heavy (non-hydrogen) atoms. The fraction of sp³-hybridized carbons (Fsp3) is 0.571. The highest BCUT2D eigenvalue weighted by atomic mass is 15.2. The normalized spacial score (nSPS) is 19.6. The summed E-state index contributed by atoms with van der Waals surface area (Å²) >= 11 is 0. The van der Waals surface area contributed by atoms with E-state index in [4.69, 9.17) is 7.85 Å². The lowest BCUT2D eigenvalue weighted by atomic mass is 9.89. The average molecular weight is 230 g/mol. The topological polar surface area (TPSA) is 15.3 Å². The van der Waals surface area contributed by atoms with E-state index in [0.717, 1.165) is 38.3 Å². The maximum Gasteiger partial charge on any atom is 0.0751 e. The molecule has 3 heteroatoms. The molecule has 0 aromatic carbocycles. The van der Waals surface area contributed by atoms with Gasteiger partial charge in [-0.25, -0.2) is 0 Å². The van der Waals surface area contributed by atoms with Crippen LogP contribution in [0.4, 0.5) is 0 Å². The van der Waals surface area contributed by atoms with Crippen LogP contribution in [0.3, 0.4) is 0 Å². The van der Waals surface area contributed by atoms with Crippen molar-refractivity contribution >= 4 is 7.85 Å². The molecule has 1 saturated heterocycles. The molecule has 0 aromatic heterocycles. The number of nitrogens with one attached hydrogen (secondary N) is 1. The highest BCUT2D eigenvalue weighted by molar-refractivity contribution is 6.12. The lowest BCUT2D eigenvalue weighted by Crippen LogP contribution is -2.42. The summed E-state index contributed by atoms with van der Waals surface area (Å²) < 4.78 is 0. The van der Waals surface area contributed by atoms with Crippen LogP contribution in [0, 0.1) is 0 Å².